The lowest BCUT2D eigenvalue weighted by atomic mass is 9.81. The van der Waals surface area contributed by atoms with Crippen LogP contribution in [-0.4, -0.2) is 72.2 Å². The standard InChI is InChI=1S/C31H35F6N4O5P/c1-20-8-6-7-9-25(20)26-17-24(18-38-27(26)40-10-12-41(5,13-11-40)19-46-47(43,44)45)39(4)28(42)29(2,3)21-14-22(30(32,33)34)16-23(15-21)31(35,36)37/h6-9,14-18H,10-13,19H2,1-5H3,(H-,43,44,45)/p+1. The number of likely N-dealkylation sites (N-methyl/N-ethyl adjacent to an activating group) is 2. The zero-order valence-electron chi connectivity index (χ0n) is 26.4. The van der Waals surface area contributed by atoms with E-state index in [-0.39, 0.29) is 23.0 Å². The topological polar surface area (TPSA) is 103 Å². The van der Waals surface area contributed by atoms with E-state index in [2.05, 4.69) is 4.98 Å². The monoisotopic (exact) mass is 689 g/mol. The van der Waals surface area contributed by atoms with Gasteiger partial charge in [-0.1, -0.05) is 24.3 Å². The van der Waals surface area contributed by atoms with E-state index in [1.165, 1.54) is 27.1 Å². The molecule has 9 nitrogen and oxygen atoms in total. The van der Waals surface area contributed by atoms with E-state index in [9.17, 15) is 35.7 Å². The second-order valence-electron chi connectivity index (χ2n) is 12.5. The minimum atomic E-state index is -5.07. The predicted molar refractivity (Wildman–Crippen MR) is 163 cm³/mol. The number of hydrogen-bond donors (Lipinski definition) is 2. The van der Waals surface area contributed by atoms with Crippen molar-refractivity contribution in [3.63, 3.8) is 0 Å². The van der Waals surface area contributed by atoms with Gasteiger partial charge in [0.25, 0.3) is 0 Å². The molecule has 0 spiro atoms. The molecule has 0 aliphatic carbocycles. The molecule has 256 valence electrons. The number of hydrogen-bond acceptors (Lipinski definition) is 5. The van der Waals surface area contributed by atoms with Crippen molar-refractivity contribution in [1.29, 1.82) is 0 Å². The lowest BCUT2D eigenvalue weighted by Gasteiger charge is -2.42. The van der Waals surface area contributed by atoms with Crippen LogP contribution in [0.15, 0.2) is 54.7 Å². The van der Waals surface area contributed by atoms with Crippen LogP contribution in [0.5, 0.6) is 0 Å². The molecule has 47 heavy (non-hydrogen) atoms. The largest absolute Gasteiger partial charge is 0.474 e. The van der Waals surface area contributed by atoms with Crippen molar-refractivity contribution in [3.8, 4) is 11.1 Å². The number of nitrogens with zero attached hydrogens (tertiary/aromatic N) is 4. The average molecular weight is 690 g/mol. The summed E-state index contributed by atoms with van der Waals surface area (Å²) in [5, 5.41) is 0. The van der Waals surface area contributed by atoms with Crippen molar-refractivity contribution in [2.75, 3.05) is 56.8 Å². The lowest BCUT2D eigenvalue weighted by Crippen LogP contribution is -2.58. The first kappa shape index (κ1) is 36.3. The number of anilines is 2. The molecule has 16 heteroatoms. The molecule has 0 bridgehead atoms. The molecule has 0 saturated carbocycles. The van der Waals surface area contributed by atoms with E-state index in [0.717, 1.165) is 16.0 Å². The van der Waals surface area contributed by atoms with E-state index < -0.39 is 48.2 Å². The molecule has 4 rings (SSSR count). The van der Waals surface area contributed by atoms with E-state index in [0.29, 0.717) is 49.7 Å². The highest BCUT2D eigenvalue weighted by atomic mass is 31.2. The minimum absolute atomic E-state index is 0.0254. The van der Waals surface area contributed by atoms with Crippen LogP contribution < -0.4 is 9.80 Å². The van der Waals surface area contributed by atoms with Crippen LogP contribution in [0, 0.1) is 6.92 Å². The van der Waals surface area contributed by atoms with Gasteiger partial charge in [0.15, 0.2) is 6.73 Å². The van der Waals surface area contributed by atoms with Gasteiger partial charge in [0.1, 0.15) is 5.82 Å². The summed E-state index contributed by atoms with van der Waals surface area (Å²) in [6.07, 6.45) is -8.72. The molecular formula is C31H36F6N4O5P+. The fourth-order valence-electron chi connectivity index (χ4n) is 5.43. The minimum Gasteiger partial charge on any atom is -0.345 e. The fourth-order valence-corrected chi connectivity index (χ4v) is 5.86. The van der Waals surface area contributed by atoms with Gasteiger partial charge < -0.3 is 24.1 Å². The normalized spacial score (nSPS) is 15.9. The van der Waals surface area contributed by atoms with Crippen LogP contribution in [0.1, 0.15) is 36.1 Å². The summed E-state index contributed by atoms with van der Waals surface area (Å²) in [7, 11) is -1.45. The SMILES string of the molecule is Cc1ccccc1-c1cc(N(C)C(=O)C(C)(C)c2cc(C(F)(F)F)cc(C(F)(F)F)c2)cnc1N1CC[N+](C)(COP(=O)(O)O)CC1. The summed E-state index contributed by atoms with van der Waals surface area (Å²) in [5.74, 6) is -0.190. The molecule has 1 aliphatic rings. The van der Waals surface area contributed by atoms with Gasteiger partial charge in [-0.15, -0.1) is 0 Å². The van der Waals surface area contributed by atoms with Gasteiger partial charge in [-0.3, -0.25) is 4.79 Å². The number of quaternary nitrogens is 1. The summed E-state index contributed by atoms with van der Waals surface area (Å²) in [5.41, 5.74) is -2.69. The number of aromatic nitrogens is 1. The molecular weight excluding hydrogens is 653 g/mol. The zero-order valence-corrected chi connectivity index (χ0v) is 27.2. The number of benzene rings is 2. The number of aryl methyl sites for hydroxylation is 1. The number of pyridine rings is 1. The molecule has 0 atom stereocenters. The Morgan fingerprint density at radius 2 is 1.49 bits per heavy atom. The van der Waals surface area contributed by atoms with Crippen LogP contribution in [0.3, 0.4) is 0 Å². The molecule has 1 amide bonds. The molecule has 0 unspecified atom stereocenters. The Hall–Kier alpha value is -3.49. The van der Waals surface area contributed by atoms with Crippen LogP contribution >= 0.6 is 7.82 Å². The molecule has 0 radical (unpaired) electrons. The number of carbonyl (C=O) groups is 1. The second kappa shape index (κ2) is 12.8. The highest BCUT2D eigenvalue weighted by Crippen LogP contribution is 2.41. The Morgan fingerprint density at radius 3 is 2.00 bits per heavy atom. The Balaban J connectivity index is 1.70. The number of amides is 1. The van der Waals surface area contributed by atoms with Crippen LogP contribution in [-0.2, 0) is 31.7 Å². The van der Waals surface area contributed by atoms with Gasteiger partial charge in [-0.05, 0) is 61.7 Å². The van der Waals surface area contributed by atoms with Gasteiger partial charge in [-0.25, -0.2) is 14.1 Å². The molecule has 1 fully saturated rings. The van der Waals surface area contributed by atoms with Crippen LogP contribution in [0.25, 0.3) is 11.1 Å². The maximum Gasteiger partial charge on any atom is 0.474 e. The third-order valence-corrected chi connectivity index (χ3v) is 8.93. The van der Waals surface area contributed by atoms with Crippen LogP contribution in [0.2, 0.25) is 0 Å². The van der Waals surface area contributed by atoms with Crippen LogP contribution in [0.4, 0.5) is 37.8 Å². The van der Waals surface area contributed by atoms with E-state index >= 15 is 0 Å². The lowest BCUT2D eigenvalue weighted by molar-refractivity contribution is -0.925. The second-order valence-corrected chi connectivity index (χ2v) is 13.7. The number of phosphoric acid groups is 1. The van der Waals surface area contributed by atoms with Crippen molar-refractivity contribution < 1.29 is 54.5 Å². The quantitative estimate of drug-likeness (QED) is 0.161. The predicted octanol–water partition coefficient (Wildman–Crippen LogP) is 6.37. The average Bonchev–Trinajstić information content (AvgIpc) is 2.98. The zero-order chi connectivity index (χ0) is 35.2. The van der Waals surface area contributed by atoms with E-state index in [4.69, 9.17) is 14.3 Å². The van der Waals surface area contributed by atoms with Gasteiger partial charge in [-0.2, -0.15) is 26.3 Å². The van der Waals surface area contributed by atoms with Gasteiger partial charge in [0.05, 0.1) is 61.7 Å². The molecule has 2 N–H and O–H groups in total. The van der Waals surface area contributed by atoms with Crippen molar-refractivity contribution in [1.82, 2.24) is 4.98 Å². The number of piperazine rings is 1. The highest BCUT2D eigenvalue weighted by molar-refractivity contribution is 7.46. The summed E-state index contributed by atoms with van der Waals surface area (Å²) >= 11 is 0. The van der Waals surface area contributed by atoms with E-state index in [1.54, 1.807) is 6.07 Å². The van der Waals surface area contributed by atoms with Gasteiger partial charge in [0, 0.05) is 12.6 Å². The third kappa shape index (κ3) is 8.33. The summed E-state index contributed by atoms with van der Waals surface area (Å²) in [6.45, 7) is 6.08. The Morgan fingerprint density at radius 1 is 0.957 bits per heavy atom. The molecule has 1 saturated heterocycles. The summed E-state index contributed by atoms with van der Waals surface area (Å²) < 4.78 is 97.8. The highest BCUT2D eigenvalue weighted by Gasteiger charge is 2.41. The Bertz CT molecular complexity index is 1650. The number of carbonyl (C=O) groups excluding carboxylic acids is 1. The molecule has 2 aromatic carbocycles. The van der Waals surface area contributed by atoms with Gasteiger partial charge in [0.2, 0.25) is 5.91 Å². The first-order chi connectivity index (χ1) is 21.5. The smallest absolute Gasteiger partial charge is 0.345 e. The third-order valence-electron chi connectivity index (χ3n) is 8.48. The summed E-state index contributed by atoms with van der Waals surface area (Å²) in [6, 6.07) is 10.3. The number of phosphoric ester groups is 1. The maximum atomic E-state index is 13.8. The Kier molecular flexibility index (Phi) is 9.94. The van der Waals surface area contributed by atoms with Crippen molar-refractivity contribution in [3.05, 3.63) is 77.0 Å². The Labute approximate surface area is 268 Å². The molecule has 1 aliphatic heterocycles. The molecule has 2 heterocycles. The summed E-state index contributed by atoms with van der Waals surface area (Å²) in [4.78, 5) is 40.0. The van der Waals surface area contributed by atoms with Crippen molar-refractivity contribution >= 4 is 25.2 Å². The number of halogens is 6. The van der Waals surface area contributed by atoms with Gasteiger partial charge >= 0.3 is 20.2 Å². The first-order valence-electron chi connectivity index (χ1n) is 14.4. The molecule has 1 aromatic heterocycles. The van der Waals surface area contributed by atoms with E-state index in [1.807, 2.05) is 43.1 Å². The first-order valence-corrected chi connectivity index (χ1v) is 16.0. The maximum absolute atomic E-state index is 13.8. The molecule has 3 aromatic rings. The number of rotatable bonds is 8. The van der Waals surface area contributed by atoms with Crippen molar-refractivity contribution in [2.45, 2.75) is 38.5 Å². The van der Waals surface area contributed by atoms with Crippen molar-refractivity contribution in [2.24, 2.45) is 0 Å². The fraction of sp³-hybridized carbons (Fsp3) is 0.419. The number of alkyl halides is 6.